The Kier molecular flexibility index (Phi) is 7.22. The third-order valence-electron chi connectivity index (χ3n) is 5.65. The summed E-state index contributed by atoms with van der Waals surface area (Å²) in [4.78, 5) is 24.0. The minimum atomic E-state index is -0.541. The van der Waals surface area contributed by atoms with Crippen molar-refractivity contribution < 1.29 is 14.3 Å². The third kappa shape index (κ3) is 6.31. The molecule has 1 heterocycles. The van der Waals surface area contributed by atoms with E-state index >= 15 is 0 Å². The van der Waals surface area contributed by atoms with Gasteiger partial charge in [-0.05, 0) is 29.9 Å². The van der Waals surface area contributed by atoms with Gasteiger partial charge in [0.05, 0.1) is 12.7 Å². The van der Waals surface area contributed by atoms with E-state index in [4.69, 9.17) is 4.74 Å². The van der Waals surface area contributed by atoms with Crippen molar-refractivity contribution >= 4 is 18.0 Å². The quantitative estimate of drug-likeness (QED) is 0.576. The molecule has 0 spiro atoms. The van der Waals surface area contributed by atoms with Gasteiger partial charge < -0.3 is 10.1 Å². The number of carbonyl (C=O) groups is 2. The predicted molar refractivity (Wildman–Crippen MR) is 112 cm³/mol. The standard InChI is InChI=1S/C23H29N3O3/c1-17-7-6-10-21(18(17)2)25-22(27)16-29-23(28)12-11-20-13-24-26(15-20)14-19-8-4-3-5-9-19/h3-5,8-9,11-13,15,17-18,21H,6-7,10,14,16H2,1-2H3,(H,25,27)/b12-11+/t17-,18-,21+/m1/s1. The largest absolute Gasteiger partial charge is 0.452 e. The summed E-state index contributed by atoms with van der Waals surface area (Å²) in [6.45, 7) is 4.79. The van der Waals surface area contributed by atoms with Gasteiger partial charge in [-0.1, -0.05) is 57.0 Å². The Hall–Kier alpha value is -2.89. The molecule has 6 heteroatoms. The number of benzene rings is 1. The molecule has 1 saturated carbocycles. The highest BCUT2D eigenvalue weighted by molar-refractivity contribution is 5.89. The van der Waals surface area contributed by atoms with E-state index in [9.17, 15) is 9.59 Å². The maximum Gasteiger partial charge on any atom is 0.331 e. The molecule has 0 bridgehead atoms. The van der Waals surface area contributed by atoms with E-state index in [2.05, 4.69) is 24.3 Å². The molecule has 0 aliphatic heterocycles. The summed E-state index contributed by atoms with van der Waals surface area (Å²) in [7, 11) is 0. The SMILES string of the molecule is C[C@@H]1[C@H](C)CCC[C@@H]1NC(=O)COC(=O)/C=C/c1cnn(Cc2ccccc2)c1. The average molecular weight is 396 g/mol. The Labute approximate surface area is 171 Å². The molecule has 0 radical (unpaired) electrons. The van der Waals surface area contributed by atoms with Gasteiger partial charge in [-0.25, -0.2) is 4.79 Å². The molecule has 1 aliphatic rings. The van der Waals surface area contributed by atoms with Crippen molar-refractivity contribution in [2.24, 2.45) is 11.8 Å². The minimum Gasteiger partial charge on any atom is -0.452 e. The summed E-state index contributed by atoms with van der Waals surface area (Å²) in [5.74, 6) is 0.257. The maximum atomic E-state index is 12.1. The van der Waals surface area contributed by atoms with Crippen LogP contribution in [-0.2, 0) is 20.9 Å². The number of rotatable bonds is 7. The molecule has 1 aromatic heterocycles. The normalized spacial score (nSPS) is 21.8. The van der Waals surface area contributed by atoms with E-state index in [0.29, 0.717) is 18.4 Å². The first-order valence-electron chi connectivity index (χ1n) is 10.2. The second-order valence-electron chi connectivity index (χ2n) is 7.84. The Morgan fingerprint density at radius 1 is 1.24 bits per heavy atom. The fourth-order valence-corrected chi connectivity index (χ4v) is 3.71. The smallest absolute Gasteiger partial charge is 0.331 e. The van der Waals surface area contributed by atoms with Crippen molar-refractivity contribution in [1.29, 1.82) is 0 Å². The van der Waals surface area contributed by atoms with Crippen LogP contribution in [-0.4, -0.2) is 34.3 Å². The van der Waals surface area contributed by atoms with Crippen LogP contribution in [0.15, 0.2) is 48.8 Å². The van der Waals surface area contributed by atoms with Crippen molar-refractivity contribution in [2.45, 2.75) is 45.7 Å². The van der Waals surface area contributed by atoms with E-state index in [1.54, 1.807) is 17.0 Å². The number of nitrogens with zero attached hydrogens (tertiary/aromatic N) is 2. The summed E-state index contributed by atoms with van der Waals surface area (Å²) in [5.41, 5.74) is 1.95. The average Bonchev–Trinajstić information content (AvgIpc) is 3.16. The zero-order valence-corrected chi connectivity index (χ0v) is 17.1. The first kappa shape index (κ1) is 20.8. The molecule has 2 aromatic rings. The summed E-state index contributed by atoms with van der Waals surface area (Å²) in [6, 6.07) is 10.2. The predicted octanol–water partition coefficient (Wildman–Crippen LogP) is 3.43. The molecule has 3 atom stereocenters. The van der Waals surface area contributed by atoms with E-state index in [0.717, 1.165) is 24.0 Å². The number of nitrogens with one attached hydrogen (secondary N) is 1. The summed E-state index contributed by atoms with van der Waals surface area (Å²) < 4.78 is 6.87. The lowest BCUT2D eigenvalue weighted by atomic mass is 9.78. The van der Waals surface area contributed by atoms with Gasteiger partial charge in [-0.2, -0.15) is 5.10 Å². The van der Waals surface area contributed by atoms with Crippen LogP contribution in [0.1, 0.15) is 44.2 Å². The number of amides is 1. The second kappa shape index (κ2) is 10.0. The zero-order valence-electron chi connectivity index (χ0n) is 17.1. The molecule has 0 unspecified atom stereocenters. The van der Waals surface area contributed by atoms with Crippen LogP contribution in [0.25, 0.3) is 6.08 Å². The Morgan fingerprint density at radius 3 is 2.83 bits per heavy atom. The van der Waals surface area contributed by atoms with Gasteiger partial charge in [0, 0.05) is 23.9 Å². The number of ether oxygens (including phenoxy) is 1. The number of aromatic nitrogens is 2. The van der Waals surface area contributed by atoms with Crippen LogP contribution in [0.4, 0.5) is 0 Å². The lowest BCUT2D eigenvalue weighted by Gasteiger charge is -2.34. The molecule has 6 nitrogen and oxygen atoms in total. The molecule has 1 aromatic carbocycles. The molecule has 1 aliphatic carbocycles. The lowest BCUT2D eigenvalue weighted by Crippen LogP contribution is -2.45. The van der Waals surface area contributed by atoms with Gasteiger partial charge >= 0.3 is 5.97 Å². The number of hydrogen-bond donors (Lipinski definition) is 1. The van der Waals surface area contributed by atoms with Gasteiger partial charge in [0.1, 0.15) is 0 Å². The summed E-state index contributed by atoms with van der Waals surface area (Å²) >= 11 is 0. The highest BCUT2D eigenvalue weighted by Gasteiger charge is 2.28. The van der Waals surface area contributed by atoms with Crippen LogP contribution in [0, 0.1) is 11.8 Å². The fourth-order valence-electron chi connectivity index (χ4n) is 3.71. The van der Waals surface area contributed by atoms with Gasteiger partial charge in [-0.15, -0.1) is 0 Å². The van der Waals surface area contributed by atoms with Crippen molar-refractivity contribution in [1.82, 2.24) is 15.1 Å². The minimum absolute atomic E-state index is 0.163. The van der Waals surface area contributed by atoms with E-state index in [1.165, 1.54) is 12.5 Å². The first-order chi connectivity index (χ1) is 14.0. The Bertz CT molecular complexity index is 844. The van der Waals surface area contributed by atoms with Crippen LogP contribution in [0.5, 0.6) is 0 Å². The molecular formula is C23H29N3O3. The van der Waals surface area contributed by atoms with Crippen molar-refractivity contribution in [3.05, 3.63) is 59.9 Å². The highest BCUT2D eigenvalue weighted by atomic mass is 16.5. The van der Waals surface area contributed by atoms with Crippen molar-refractivity contribution in [3.63, 3.8) is 0 Å². The second-order valence-corrected chi connectivity index (χ2v) is 7.84. The van der Waals surface area contributed by atoms with Crippen LogP contribution in [0.3, 0.4) is 0 Å². The molecule has 3 rings (SSSR count). The number of esters is 1. The molecule has 1 fully saturated rings. The van der Waals surface area contributed by atoms with E-state index < -0.39 is 5.97 Å². The maximum absolute atomic E-state index is 12.1. The summed E-state index contributed by atoms with van der Waals surface area (Å²) in [5, 5.41) is 7.29. The summed E-state index contributed by atoms with van der Waals surface area (Å²) in [6.07, 6.45) is 9.81. The molecular weight excluding hydrogens is 366 g/mol. The molecule has 29 heavy (non-hydrogen) atoms. The molecule has 1 N–H and O–H groups in total. The first-order valence-corrected chi connectivity index (χ1v) is 10.2. The third-order valence-corrected chi connectivity index (χ3v) is 5.65. The monoisotopic (exact) mass is 395 g/mol. The molecule has 1 amide bonds. The van der Waals surface area contributed by atoms with Gasteiger partial charge in [0.25, 0.3) is 5.91 Å². The molecule has 154 valence electrons. The van der Waals surface area contributed by atoms with Gasteiger partial charge in [-0.3, -0.25) is 9.48 Å². The fraction of sp³-hybridized carbons (Fsp3) is 0.435. The number of carbonyl (C=O) groups excluding carboxylic acids is 2. The van der Waals surface area contributed by atoms with Crippen molar-refractivity contribution in [3.8, 4) is 0 Å². The Balaban J connectivity index is 1.42. The van der Waals surface area contributed by atoms with Crippen molar-refractivity contribution in [2.75, 3.05) is 6.61 Å². The topological polar surface area (TPSA) is 73.2 Å². The lowest BCUT2D eigenvalue weighted by molar-refractivity contribution is -0.144. The number of hydrogen-bond acceptors (Lipinski definition) is 4. The zero-order chi connectivity index (χ0) is 20.6. The Morgan fingerprint density at radius 2 is 2.03 bits per heavy atom. The van der Waals surface area contributed by atoms with Gasteiger partial charge in [0.15, 0.2) is 6.61 Å². The molecule has 0 saturated heterocycles. The highest BCUT2D eigenvalue weighted by Crippen LogP contribution is 2.29. The van der Waals surface area contributed by atoms with Crippen LogP contribution < -0.4 is 5.32 Å². The van der Waals surface area contributed by atoms with Crippen LogP contribution >= 0.6 is 0 Å². The van der Waals surface area contributed by atoms with E-state index in [-0.39, 0.29) is 18.6 Å². The van der Waals surface area contributed by atoms with E-state index in [1.807, 2.05) is 36.5 Å². The van der Waals surface area contributed by atoms with Crippen LogP contribution in [0.2, 0.25) is 0 Å². The van der Waals surface area contributed by atoms with Gasteiger partial charge in [0.2, 0.25) is 0 Å².